The number of aromatic nitrogens is 2. The monoisotopic (exact) mass is 421 g/mol. The summed E-state index contributed by atoms with van der Waals surface area (Å²) < 4.78 is 11.6. The first kappa shape index (κ1) is 21.8. The van der Waals surface area contributed by atoms with E-state index in [1.54, 1.807) is 43.3 Å². The summed E-state index contributed by atoms with van der Waals surface area (Å²) in [6, 6.07) is 15.4. The van der Waals surface area contributed by atoms with Crippen LogP contribution >= 0.6 is 0 Å². The van der Waals surface area contributed by atoms with E-state index in [2.05, 4.69) is 10.4 Å². The van der Waals surface area contributed by atoms with Crippen molar-refractivity contribution in [2.24, 2.45) is 0 Å². The lowest BCUT2D eigenvalue weighted by Crippen LogP contribution is -2.27. The smallest absolute Gasteiger partial charge is 0.362 e. The van der Waals surface area contributed by atoms with E-state index in [9.17, 15) is 14.4 Å². The summed E-state index contributed by atoms with van der Waals surface area (Å²) in [6.45, 7) is 5.22. The van der Waals surface area contributed by atoms with Gasteiger partial charge in [0.25, 0.3) is 11.5 Å². The standard InChI is InChI=1S/C23H23N3O5/c1-4-30-23(29)22-19(13-21(28)26(25-22)17-8-6-5-7-9-17)31-14-20(27)24-18-11-10-15(2)12-16(18)3/h5-13H,4,14H2,1-3H3,(H,24,27). The number of rotatable bonds is 7. The maximum Gasteiger partial charge on any atom is 0.362 e. The lowest BCUT2D eigenvalue weighted by Gasteiger charge is -2.13. The molecule has 3 aromatic rings. The van der Waals surface area contributed by atoms with Crippen LogP contribution in [0.15, 0.2) is 59.4 Å². The average Bonchev–Trinajstić information content (AvgIpc) is 2.75. The highest BCUT2D eigenvalue weighted by Gasteiger charge is 2.20. The molecule has 0 atom stereocenters. The molecular formula is C23H23N3O5. The predicted octanol–water partition coefficient (Wildman–Crippen LogP) is 3.04. The second-order valence-corrected chi connectivity index (χ2v) is 6.82. The number of hydrogen-bond acceptors (Lipinski definition) is 6. The van der Waals surface area contributed by atoms with Crippen LogP contribution in [0, 0.1) is 13.8 Å². The number of para-hydroxylation sites is 1. The molecule has 0 saturated heterocycles. The Balaban J connectivity index is 1.84. The Hall–Kier alpha value is -3.94. The van der Waals surface area contributed by atoms with Crippen LogP contribution in [0.1, 0.15) is 28.5 Å². The van der Waals surface area contributed by atoms with Gasteiger partial charge in [-0.25, -0.2) is 4.79 Å². The number of ether oxygens (including phenoxy) is 2. The van der Waals surface area contributed by atoms with Crippen molar-refractivity contribution >= 4 is 17.6 Å². The van der Waals surface area contributed by atoms with E-state index >= 15 is 0 Å². The van der Waals surface area contributed by atoms with Gasteiger partial charge in [0.15, 0.2) is 12.4 Å². The summed E-state index contributed by atoms with van der Waals surface area (Å²) in [5.41, 5.74) is 2.43. The quantitative estimate of drug-likeness (QED) is 0.589. The number of benzene rings is 2. The molecule has 0 fully saturated rings. The Bertz CT molecular complexity index is 1160. The Kier molecular flexibility index (Phi) is 6.81. The minimum atomic E-state index is -0.753. The molecule has 0 spiro atoms. The van der Waals surface area contributed by atoms with Gasteiger partial charge in [0.05, 0.1) is 18.4 Å². The summed E-state index contributed by atoms with van der Waals surface area (Å²) in [6.07, 6.45) is 0. The maximum absolute atomic E-state index is 12.6. The largest absolute Gasteiger partial charge is 0.481 e. The summed E-state index contributed by atoms with van der Waals surface area (Å²) in [5, 5.41) is 6.87. The van der Waals surface area contributed by atoms with Crippen LogP contribution < -0.4 is 15.6 Å². The molecule has 0 aliphatic heterocycles. The molecule has 31 heavy (non-hydrogen) atoms. The molecule has 8 nitrogen and oxygen atoms in total. The Morgan fingerprint density at radius 1 is 1.06 bits per heavy atom. The number of amides is 1. The highest BCUT2D eigenvalue weighted by atomic mass is 16.5. The summed E-state index contributed by atoms with van der Waals surface area (Å²) in [5.74, 6) is -1.31. The number of aryl methyl sites for hydroxylation is 2. The first-order valence-corrected chi connectivity index (χ1v) is 9.76. The van der Waals surface area contributed by atoms with E-state index < -0.39 is 24.0 Å². The van der Waals surface area contributed by atoms with E-state index in [0.29, 0.717) is 11.4 Å². The second kappa shape index (κ2) is 9.71. The van der Waals surface area contributed by atoms with Gasteiger partial charge in [0.2, 0.25) is 5.69 Å². The third-order valence-electron chi connectivity index (χ3n) is 4.38. The zero-order valence-corrected chi connectivity index (χ0v) is 17.5. The van der Waals surface area contributed by atoms with Crippen molar-refractivity contribution in [1.29, 1.82) is 0 Å². The molecule has 8 heteroatoms. The number of nitrogens with one attached hydrogen (secondary N) is 1. The molecule has 1 aromatic heterocycles. The molecular weight excluding hydrogens is 398 g/mol. The van der Waals surface area contributed by atoms with Gasteiger partial charge in [-0.2, -0.15) is 9.78 Å². The summed E-state index contributed by atoms with van der Waals surface area (Å²) in [4.78, 5) is 37.3. The molecule has 3 rings (SSSR count). The van der Waals surface area contributed by atoms with Gasteiger partial charge >= 0.3 is 5.97 Å². The van der Waals surface area contributed by atoms with Crippen molar-refractivity contribution in [3.8, 4) is 11.4 Å². The molecule has 0 saturated carbocycles. The molecule has 0 bridgehead atoms. The fourth-order valence-electron chi connectivity index (χ4n) is 2.93. The van der Waals surface area contributed by atoms with Gasteiger partial charge in [0, 0.05) is 5.69 Å². The van der Waals surface area contributed by atoms with Crippen molar-refractivity contribution < 1.29 is 19.1 Å². The molecule has 0 radical (unpaired) electrons. The predicted molar refractivity (Wildman–Crippen MR) is 116 cm³/mol. The van der Waals surface area contributed by atoms with E-state index in [0.717, 1.165) is 21.9 Å². The lowest BCUT2D eigenvalue weighted by atomic mass is 10.1. The molecule has 0 aliphatic carbocycles. The van der Waals surface area contributed by atoms with Crippen molar-refractivity contribution in [3.05, 3.63) is 81.8 Å². The number of carbonyl (C=O) groups is 2. The molecule has 2 aromatic carbocycles. The minimum Gasteiger partial charge on any atom is -0.481 e. The van der Waals surface area contributed by atoms with Gasteiger partial charge in [-0.05, 0) is 44.5 Å². The third kappa shape index (κ3) is 5.36. The molecule has 0 unspecified atom stereocenters. The third-order valence-corrected chi connectivity index (χ3v) is 4.38. The van der Waals surface area contributed by atoms with E-state index in [-0.39, 0.29) is 18.1 Å². The van der Waals surface area contributed by atoms with Crippen LogP contribution in [-0.4, -0.2) is 34.9 Å². The topological polar surface area (TPSA) is 99.5 Å². The fraction of sp³-hybridized carbons (Fsp3) is 0.217. The van der Waals surface area contributed by atoms with Crippen molar-refractivity contribution in [2.75, 3.05) is 18.5 Å². The Morgan fingerprint density at radius 2 is 1.81 bits per heavy atom. The van der Waals surface area contributed by atoms with Gasteiger partial charge in [-0.15, -0.1) is 0 Å². The highest BCUT2D eigenvalue weighted by Crippen LogP contribution is 2.18. The van der Waals surface area contributed by atoms with E-state index in [4.69, 9.17) is 9.47 Å². The second-order valence-electron chi connectivity index (χ2n) is 6.82. The van der Waals surface area contributed by atoms with Crippen LogP contribution in [0.5, 0.6) is 5.75 Å². The molecule has 1 amide bonds. The van der Waals surface area contributed by atoms with Crippen LogP contribution in [0.4, 0.5) is 5.69 Å². The zero-order valence-electron chi connectivity index (χ0n) is 17.5. The van der Waals surface area contributed by atoms with Gasteiger partial charge in [0.1, 0.15) is 0 Å². The Labute approximate surface area is 179 Å². The van der Waals surface area contributed by atoms with Crippen LogP contribution in [-0.2, 0) is 9.53 Å². The molecule has 1 heterocycles. The first-order chi connectivity index (χ1) is 14.9. The maximum atomic E-state index is 12.6. The Morgan fingerprint density at radius 3 is 2.48 bits per heavy atom. The first-order valence-electron chi connectivity index (χ1n) is 9.76. The zero-order chi connectivity index (χ0) is 22.4. The number of esters is 1. The van der Waals surface area contributed by atoms with Crippen molar-refractivity contribution in [2.45, 2.75) is 20.8 Å². The highest BCUT2D eigenvalue weighted by molar-refractivity contribution is 5.93. The van der Waals surface area contributed by atoms with Crippen molar-refractivity contribution in [1.82, 2.24) is 9.78 Å². The van der Waals surface area contributed by atoms with E-state index in [1.165, 1.54) is 0 Å². The molecule has 1 N–H and O–H groups in total. The van der Waals surface area contributed by atoms with Gasteiger partial charge in [-0.3, -0.25) is 9.59 Å². The van der Waals surface area contributed by atoms with Crippen molar-refractivity contribution in [3.63, 3.8) is 0 Å². The lowest BCUT2D eigenvalue weighted by molar-refractivity contribution is -0.118. The van der Waals surface area contributed by atoms with Crippen LogP contribution in [0.3, 0.4) is 0 Å². The number of anilines is 1. The minimum absolute atomic E-state index is 0.119. The van der Waals surface area contributed by atoms with Gasteiger partial charge < -0.3 is 14.8 Å². The number of carbonyl (C=O) groups excluding carboxylic acids is 2. The normalized spacial score (nSPS) is 10.4. The molecule has 0 aliphatic rings. The fourth-order valence-corrected chi connectivity index (χ4v) is 2.93. The van der Waals surface area contributed by atoms with Crippen LogP contribution in [0.2, 0.25) is 0 Å². The number of hydrogen-bond donors (Lipinski definition) is 1. The SMILES string of the molecule is CCOC(=O)c1nn(-c2ccccc2)c(=O)cc1OCC(=O)Nc1ccc(C)cc1C. The summed E-state index contributed by atoms with van der Waals surface area (Å²) >= 11 is 0. The average molecular weight is 421 g/mol. The molecule has 160 valence electrons. The van der Waals surface area contributed by atoms with Gasteiger partial charge in [-0.1, -0.05) is 35.9 Å². The van der Waals surface area contributed by atoms with E-state index in [1.807, 2.05) is 26.0 Å². The van der Waals surface area contributed by atoms with Crippen LogP contribution in [0.25, 0.3) is 5.69 Å². The number of nitrogens with zero attached hydrogens (tertiary/aromatic N) is 2. The summed E-state index contributed by atoms with van der Waals surface area (Å²) in [7, 11) is 0.